The van der Waals surface area contributed by atoms with Crippen LogP contribution in [0.2, 0.25) is 5.04 Å². The number of ether oxygens (including phenoxy) is 4. The normalized spacial score (nSPS) is 12.2. The minimum atomic E-state index is -2.50. The van der Waals surface area contributed by atoms with Gasteiger partial charge in [0.25, 0.3) is 8.32 Å². The Morgan fingerprint density at radius 1 is 0.541 bits per heavy atom. The first kappa shape index (κ1) is 32.4. The summed E-state index contributed by atoms with van der Waals surface area (Å²) in [6.45, 7) is 12.3. The summed E-state index contributed by atoms with van der Waals surface area (Å²) < 4.78 is 30.7. The summed E-state index contributed by atoms with van der Waals surface area (Å²) >= 11 is 2.43. The summed E-state index contributed by atoms with van der Waals surface area (Å²) in [6.07, 6.45) is 5.01. The summed E-state index contributed by atoms with van der Waals surface area (Å²) in [7, 11) is -2.50. The molecule has 0 radical (unpaired) electrons. The third kappa shape index (κ3) is 11.9. The van der Waals surface area contributed by atoms with Gasteiger partial charge in [0.2, 0.25) is 0 Å². The van der Waals surface area contributed by atoms with E-state index in [4.69, 9.17) is 23.4 Å². The van der Waals surface area contributed by atoms with Gasteiger partial charge < -0.3 is 23.4 Å². The molecule has 7 heteroatoms. The smallest absolute Gasteiger partial charge is 0.261 e. The zero-order valence-corrected chi connectivity index (χ0v) is 26.2. The lowest BCUT2D eigenvalue weighted by molar-refractivity contribution is -0.00517. The number of unbranched alkanes of at least 4 members (excludes halogenated alkanes) is 3. The predicted octanol–water partition coefficient (Wildman–Crippen LogP) is 5.62. The van der Waals surface area contributed by atoms with E-state index >= 15 is 0 Å². The quantitative estimate of drug-likeness (QED) is 0.0766. The van der Waals surface area contributed by atoms with Crippen LogP contribution in [0, 0.1) is 0 Å². The average molecular weight is 643 g/mol. The molecule has 0 saturated carbocycles. The van der Waals surface area contributed by atoms with E-state index in [1.807, 2.05) is 0 Å². The van der Waals surface area contributed by atoms with Crippen LogP contribution in [-0.4, -0.2) is 72.2 Å². The Morgan fingerprint density at radius 3 is 1.38 bits per heavy atom. The molecule has 0 N–H and O–H groups in total. The van der Waals surface area contributed by atoms with Crippen LogP contribution in [0.25, 0.3) is 0 Å². The zero-order chi connectivity index (χ0) is 26.7. The van der Waals surface area contributed by atoms with Gasteiger partial charge in [-0.25, -0.2) is 0 Å². The monoisotopic (exact) mass is 642 g/mol. The topological polar surface area (TPSA) is 46.2 Å². The molecule has 0 aliphatic carbocycles. The lowest BCUT2D eigenvalue weighted by atomic mass is 10.2. The minimum absolute atomic E-state index is 0.0295. The fourth-order valence-electron chi connectivity index (χ4n) is 4.43. The molecule has 0 bridgehead atoms. The Kier molecular flexibility index (Phi) is 16.9. The van der Waals surface area contributed by atoms with Crippen LogP contribution in [0.3, 0.4) is 0 Å². The van der Waals surface area contributed by atoms with Gasteiger partial charge in [0, 0.05) is 6.61 Å². The minimum Gasteiger partial charge on any atom is -0.405 e. The second-order valence-electron chi connectivity index (χ2n) is 10.1. The number of alkyl halides is 1. The van der Waals surface area contributed by atoms with Crippen LogP contribution in [0.5, 0.6) is 0 Å². The first-order chi connectivity index (χ1) is 18.0. The first-order valence-corrected chi connectivity index (χ1v) is 17.1. The molecule has 2 aromatic rings. The van der Waals surface area contributed by atoms with Gasteiger partial charge in [-0.2, -0.15) is 0 Å². The van der Waals surface area contributed by atoms with E-state index in [0.717, 1.165) is 13.0 Å². The fourth-order valence-corrected chi connectivity index (χ4v) is 9.51. The van der Waals surface area contributed by atoms with E-state index < -0.39 is 8.32 Å². The second kappa shape index (κ2) is 19.3. The molecule has 0 aliphatic rings. The first-order valence-electron chi connectivity index (χ1n) is 13.6. The Morgan fingerprint density at radius 2 is 0.946 bits per heavy atom. The van der Waals surface area contributed by atoms with Crippen molar-refractivity contribution < 1.29 is 23.4 Å². The maximum Gasteiger partial charge on any atom is 0.261 e. The third-order valence-electron chi connectivity index (χ3n) is 6.25. The van der Waals surface area contributed by atoms with Crippen molar-refractivity contribution in [3.63, 3.8) is 0 Å². The molecule has 2 aromatic carbocycles. The molecule has 0 heterocycles. The number of benzene rings is 2. The van der Waals surface area contributed by atoms with Crippen LogP contribution < -0.4 is 10.4 Å². The van der Waals surface area contributed by atoms with Crippen molar-refractivity contribution in [1.82, 2.24) is 0 Å². The van der Waals surface area contributed by atoms with Crippen molar-refractivity contribution in [3.05, 3.63) is 60.7 Å². The molecule has 0 atom stereocenters. The summed E-state index contributed by atoms with van der Waals surface area (Å²) in [4.78, 5) is 0. The van der Waals surface area contributed by atoms with E-state index in [9.17, 15) is 0 Å². The molecular formula is C30H47IO5Si. The Labute approximate surface area is 239 Å². The van der Waals surface area contributed by atoms with Gasteiger partial charge in [-0.1, -0.05) is 117 Å². The van der Waals surface area contributed by atoms with Gasteiger partial charge in [0.15, 0.2) is 0 Å². The lowest BCUT2D eigenvalue weighted by Gasteiger charge is -2.43. The number of hydrogen-bond donors (Lipinski definition) is 0. The van der Waals surface area contributed by atoms with Crippen LogP contribution >= 0.6 is 22.6 Å². The standard InChI is InChI=1S/C30H47IO5Si/c1-30(2,3)37(28-14-8-6-9-15-28,29-16-10-7-11-17-29)36-27-26-35-25-24-34-23-22-33-21-20-32-19-13-5-4-12-18-31/h6-11,14-17H,4-5,12-13,18-27H2,1-3H3. The molecule has 0 spiro atoms. The largest absolute Gasteiger partial charge is 0.405 e. The maximum absolute atomic E-state index is 6.83. The molecule has 0 fully saturated rings. The number of rotatable bonds is 21. The van der Waals surface area contributed by atoms with Crippen LogP contribution in [0.4, 0.5) is 0 Å². The van der Waals surface area contributed by atoms with Gasteiger partial charge in [-0.15, -0.1) is 0 Å². The summed E-state index contributed by atoms with van der Waals surface area (Å²) in [5.41, 5.74) is 0. The van der Waals surface area contributed by atoms with E-state index in [-0.39, 0.29) is 5.04 Å². The van der Waals surface area contributed by atoms with Gasteiger partial charge in [0.05, 0.1) is 52.9 Å². The molecular weight excluding hydrogens is 595 g/mol. The van der Waals surface area contributed by atoms with Gasteiger partial charge >= 0.3 is 0 Å². The van der Waals surface area contributed by atoms with E-state index in [0.29, 0.717) is 52.9 Å². The molecule has 0 aliphatic heterocycles. The Bertz CT molecular complexity index is 761. The molecule has 0 unspecified atom stereocenters. The Balaban J connectivity index is 1.61. The van der Waals surface area contributed by atoms with Crippen LogP contribution in [-0.2, 0) is 23.4 Å². The highest BCUT2D eigenvalue weighted by Crippen LogP contribution is 2.36. The lowest BCUT2D eigenvalue weighted by Crippen LogP contribution is -2.66. The van der Waals surface area contributed by atoms with Crippen molar-refractivity contribution in [2.75, 3.05) is 63.9 Å². The summed E-state index contributed by atoms with van der Waals surface area (Å²) in [5, 5.41) is 2.54. The van der Waals surface area contributed by atoms with Crippen molar-refractivity contribution in [3.8, 4) is 0 Å². The maximum atomic E-state index is 6.83. The third-order valence-corrected chi connectivity index (χ3v) is 12.1. The van der Waals surface area contributed by atoms with Crippen molar-refractivity contribution in [2.24, 2.45) is 0 Å². The molecule has 0 amide bonds. The van der Waals surface area contributed by atoms with Gasteiger partial charge in [-0.05, 0) is 32.7 Å². The summed E-state index contributed by atoms with van der Waals surface area (Å²) in [6, 6.07) is 21.4. The average Bonchev–Trinajstić information content (AvgIpc) is 2.90. The van der Waals surface area contributed by atoms with Crippen molar-refractivity contribution >= 4 is 41.3 Å². The van der Waals surface area contributed by atoms with E-state index in [2.05, 4.69) is 104 Å². The van der Waals surface area contributed by atoms with Gasteiger partial charge in [-0.3, -0.25) is 0 Å². The molecule has 0 saturated heterocycles. The van der Waals surface area contributed by atoms with Crippen LogP contribution in [0.1, 0.15) is 46.5 Å². The van der Waals surface area contributed by atoms with Crippen molar-refractivity contribution in [2.45, 2.75) is 51.5 Å². The van der Waals surface area contributed by atoms with E-state index in [1.54, 1.807) is 0 Å². The molecule has 0 aromatic heterocycles. The predicted molar refractivity (Wildman–Crippen MR) is 164 cm³/mol. The highest BCUT2D eigenvalue weighted by molar-refractivity contribution is 14.1. The number of hydrogen-bond acceptors (Lipinski definition) is 5. The highest BCUT2D eigenvalue weighted by Gasteiger charge is 2.49. The molecule has 5 nitrogen and oxygen atoms in total. The number of halogens is 1. The SMILES string of the molecule is CC(C)(C)[Si](OCCOCCOCCOCCOCCCCCCI)(c1ccccc1)c1ccccc1. The van der Waals surface area contributed by atoms with Crippen LogP contribution in [0.15, 0.2) is 60.7 Å². The van der Waals surface area contributed by atoms with Gasteiger partial charge in [0.1, 0.15) is 0 Å². The molecule has 208 valence electrons. The Hall–Kier alpha value is -0.813. The van der Waals surface area contributed by atoms with Crippen molar-refractivity contribution in [1.29, 1.82) is 0 Å². The van der Waals surface area contributed by atoms with E-state index in [1.165, 1.54) is 34.1 Å². The molecule has 2 rings (SSSR count). The fraction of sp³-hybridized carbons (Fsp3) is 0.600. The zero-order valence-electron chi connectivity index (χ0n) is 23.1. The highest BCUT2D eigenvalue weighted by atomic mass is 127. The summed E-state index contributed by atoms with van der Waals surface area (Å²) in [5.74, 6) is 0. The molecule has 37 heavy (non-hydrogen) atoms. The second-order valence-corrected chi connectivity index (χ2v) is 15.4.